The van der Waals surface area contributed by atoms with Gasteiger partial charge in [-0.3, -0.25) is 4.98 Å². The van der Waals surface area contributed by atoms with Crippen molar-refractivity contribution >= 4 is 10.9 Å². The van der Waals surface area contributed by atoms with Crippen LogP contribution in [0.5, 0.6) is 0 Å². The van der Waals surface area contributed by atoms with Gasteiger partial charge in [-0.25, -0.2) is 0 Å². The van der Waals surface area contributed by atoms with Gasteiger partial charge >= 0.3 is 0 Å². The topological polar surface area (TPSA) is 24.9 Å². The van der Waals surface area contributed by atoms with E-state index in [0.29, 0.717) is 12.0 Å². The zero-order valence-corrected chi connectivity index (χ0v) is 11.7. The first-order chi connectivity index (χ1) is 8.67. The lowest BCUT2D eigenvalue weighted by atomic mass is 9.91. The van der Waals surface area contributed by atoms with E-state index in [1.165, 1.54) is 16.6 Å². The van der Waals surface area contributed by atoms with Crippen molar-refractivity contribution in [2.24, 2.45) is 0 Å². The maximum absolute atomic E-state index is 4.87. The van der Waals surface area contributed by atoms with Crippen LogP contribution in [0, 0.1) is 6.92 Å². The van der Waals surface area contributed by atoms with Crippen molar-refractivity contribution in [3.63, 3.8) is 0 Å². The molecule has 1 aromatic carbocycles. The molecule has 0 aliphatic heterocycles. The van der Waals surface area contributed by atoms with Gasteiger partial charge in [0.15, 0.2) is 0 Å². The number of likely N-dealkylation sites (N-methyl/N-ethyl adjacent to an activating group) is 1. The first-order valence-corrected chi connectivity index (χ1v) is 6.71. The van der Waals surface area contributed by atoms with E-state index in [1.807, 2.05) is 7.05 Å². The Kier molecular flexibility index (Phi) is 3.97. The highest BCUT2D eigenvalue weighted by molar-refractivity contribution is 5.79. The summed E-state index contributed by atoms with van der Waals surface area (Å²) in [5.74, 6) is 0.472. The summed E-state index contributed by atoms with van der Waals surface area (Å²) in [5.41, 5.74) is 3.63. The highest BCUT2D eigenvalue weighted by atomic mass is 14.9. The number of nitrogens with zero attached hydrogens (tertiary/aromatic N) is 1. The summed E-state index contributed by atoms with van der Waals surface area (Å²) in [4.78, 5) is 4.87. The van der Waals surface area contributed by atoms with E-state index in [1.54, 1.807) is 0 Å². The van der Waals surface area contributed by atoms with Gasteiger partial charge in [-0.05, 0) is 45.0 Å². The second kappa shape index (κ2) is 5.49. The average Bonchev–Trinajstić information content (AvgIpc) is 2.39. The monoisotopic (exact) mass is 242 g/mol. The number of aromatic nitrogens is 1. The fourth-order valence-corrected chi connectivity index (χ4v) is 2.60. The Morgan fingerprint density at radius 1 is 1.28 bits per heavy atom. The maximum Gasteiger partial charge on any atom is 0.0705 e. The van der Waals surface area contributed by atoms with Gasteiger partial charge in [0, 0.05) is 23.0 Å². The third kappa shape index (κ3) is 2.39. The molecule has 2 aromatic rings. The minimum absolute atomic E-state index is 0.447. The van der Waals surface area contributed by atoms with Gasteiger partial charge in [0.1, 0.15) is 0 Å². The summed E-state index contributed by atoms with van der Waals surface area (Å²) < 4.78 is 0. The molecule has 1 aromatic heterocycles. The first-order valence-electron chi connectivity index (χ1n) is 6.71. The summed E-state index contributed by atoms with van der Waals surface area (Å²) >= 11 is 0. The number of benzene rings is 1. The van der Waals surface area contributed by atoms with E-state index in [4.69, 9.17) is 4.98 Å². The Balaban J connectivity index is 2.52. The van der Waals surface area contributed by atoms with Gasteiger partial charge in [0.2, 0.25) is 0 Å². The van der Waals surface area contributed by atoms with Crippen molar-refractivity contribution < 1.29 is 0 Å². The van der Waals surface area contributed by atoms with Crippen LogP contribution in [0.3, 0.4) is 0 Å². The summed E-state index contributed by atoms with van der Waals surface area (Å²) in [7, 11) is 2.02. The van der Waals surface area contributed by atoms with Gasteiger partial charge in [-0.2, -0.15) is 0 Å². The van der Waals surface area contributed by atoms with Crippen molar-refractivity contribution in [1.29, 1.82) is 0 Å². The Hall–Kier alpha value is -1.41. The van der Waals surface area contributed by atoms with Crippen LogP contribution in [0.4, 0.5) is 0 Å². The molecular formula is C16H22N2. The normalized spacial score (nSPS) is 14.7. The third-order valence-corrected chi connectivity index (χ3v) is 3.80. The number of pyridine rings is 1. The Labute approximate surface area is 109 Å². The summed E-state index contributed by atoms with van der Waals surface area (Å²) in [6.45, 7) is 6.62. The van der Waals surface area contributed by atoms with Crippen LogP contribution in [-0.2, 0) is 0 Å². The van der Waals surface area contributed by atoms with Crippen molar-refractivity contribution in [2.45, 2.75) is 39.2 Å². The van der Waals surface area contributed by atoms with Crippen molar-refractivity contribution in [1.82, 2.24) is 10.3 Å². The minimum atomic E-state index is 0.447. The molecule has 0 spiro atoms. The Bertz CT molecular complexity index is 534. The molecule has 1 heterocycles. The molecule has 0 saturated heterocycles. The third-order valence-electron chi connectivity index (χ3n) is 3.80. The highest BCUT2D eigenvalue weighted by Crippen LogP contribution is 2.27. The highest BCUT2D eigenvalue weighted by Gasteiger charge is 2.19. The molecule has 1 N–H and O–H groups in total. The van der Waals surface area contributed by atoms with Crippen molar-refractivity contribution in [2.75, 3.05) is 7.05 Å². The quantitative estimate of drug-likeness (QED) is 0.885. The summed E-state index contributed by atoms with van der Waals surface area (Å²) in [5, 5.41) is 4.58. The van der Waals surface area contributed by atoms with Crippen LogP contribution in [0.15, 0.2) is 30.3 Å². The van der Waals surface area contributed by atoms with E-state index in [2.05, 4.69) is 56.4 Å². The molecule has 0 aliphatic carbocycles. The number of para-hydroxylation sites is 1. The molecule has 18 heavy (non-hydrogen) atoms. The van der Waals surface area contributed by atoms with Crippen molar-refractivity contribution in [3.05, 3.63) is 41.6 Å². The molecule has 0 bridgehead atoms. The second-order valence-corrected chi connectivity index (χ2v) is 4.98. The molecule has 0 saturated carbocycles. The molecule has 0 radical (unpaired) electrons. The number of nitrogens with one attached hydrogen (secondary N) is 1. The SMILES string of the molecule is CCC(c1nc2ccccc2cc1C)C(C)NC. The van der Waals surface area contributed by atoms with Gasteiger partial charge in [-0.15, -0.1) is 0 Å². The predicted molar refractivity (Wildman–Crippen MR) is 78.0 cm³/mol. The summed E-state index contributed by atoms with van der Waals surface area (Å²) in [6.07, 6.45) is 1.11. The standard InChI is InChI=1S/C16H22N2/c1-5-14(12(3)17-4)16-11(2)10-13-8-6-7-9-15(13)18-16/h6-10,12,14,17H,5H2,1-4H3. The molecule has 2 rings (SSSR count). The van der Waals surface area contributed by atoms with E-state index in [0.717, 1.165) is 11.9 Å². The molecule has 2 heteroatoms. The number of aryl methyl sites for hydroxylation is 1. The Morgan fingerprint density at radius 3 is 2.67 bits per heavy atom. The van der Waals surface area contributed by atoms with Crippen LogP contribution in [0.2, 0.25) is 0 Å². The molecule has 2 atom stereocenters. The van der Waals surface area contributed by atoms with Gasteiger partial charge in [0.05, 0.1) is 5.52 Å². The van der Waals surface area contributed by atoms with Crippen LogP contribution in [0.25, 0.3) is 10.9 Å². The lowest BCUT2D eigenvalue weighted by Gasteiger charge is -2.23. The minimum Gasteiger partial charge on any atom is -0.317 e. The lowest BCUT2D eigenvalue weighted by molar-refractivity contribution is 0.473. The zero-order chi connectivity index (χ0) is 13.1. The lowest BCUT2D eigenvalue weighted by Crippen LogP contribution is -2.29. The van der Waals surface area contributed by atoms with Crippen LogP contribution >= 0.6 is 0 Å². The Morgan fingerprint density at radius 2 is 2.00 bits per heavy atom. The largest absolute Gasteiger partial charge is 0.317 e. The van der Waals surface area contributed by atoms with Crippen LogP contribution < -0.4 is 5.32 Å². The molecule has 2 nitrogen and oxygen atoms in total. The predicted octanol–water partition coefficient (Wildman–Crippen LogP) is 3.64. The first kappa shape index (κ1) is 13.0. The number of hydrogen-bond donors (Lipinski definition) is 1. The molecule has 96 valence electrons. The van der Waals surface area contributed by atoms with Gasteiger partial charge in [0.25, 0.3) is 0 Å². The van der Waals surface area contributed by atoms with E-state index in [-0.39, 0.29) is 0 Å². The van der Waals surface area contributed by atoms with Crippen LogP contribution in [-0.4, -0.2) is 18.1 Å². The molecule has 0 amide bonds. The molecule has 0 aliphatic rings. The van der Waals surface area contributed by atoms with E-state index in [9.17, 15) is 0 Å². The summed E-state index contributed by atoms with van der Waals surface area (Å²) in [6, 6.07) is 11.0. The van der Waals surface area contributed by atoms with Gasteiger partial charge < -0.3 is 5.32 Å². The number of hydrogen-bond acceptors (Lipinski definition) is 2. The number of rotatable bonds is 4. The smallest absolute Gasteiger partial charge is 0.0705 e. The zero-order valence-electron chi connectivity index (χ0n) is 11.7. The fourth-order valence-electron chi connectivity index (χ4n) is 2.60. The average molecular weight is 242 g/mol. The fraction of sp³-hybridized carbons (Fsp3) is 0.438. The van der Waals surface area contributed by atoms with Gasteiger partial charge in [-0.1, -0.05) is 25.1 Å². The molecular weight excluding hydrogens is 220 g/mol. The molecule has 0 fully saturated rings. The van der Waals surface area contributed by atoms with Crippen molar-refractivity contribution in [3.8, 4) is 0 Å². The van der Waals surface area contributed by atoms with Crippen LogP contribution in [0.1, 0.15) is 37.4 Å². The molecule has 2 unspecified atom stereocenters. The second-order valence-electron chi connectivity index (χ2n) is 4.98. The van der Waals surface area contributed by atoms with E-state index < -0.39 is 0 Å². The number of fused-ring (bicyclic) bond motifs is 1. The van der Waals surface area contributed by atoms with E-state index >= 15 is 0 Å². The maximum atomic E-state index is 4.87.